The summed E-state index contributed by atoms with van der Waals surface area (Å²) in [4.78, 5) is 14.0. The molecule has 0 heterocycles. The number of hydrogen-bond donors (Lipinski definition) is 1. The quantitative estimate of drug-likeness (QED) is 0.480. The number of nitrogens with two attached hydrogens (primary N) is 1. The number of likely N-dealkylation sites (N-methyl/N-ethyl adjacent to an activating group) is 1. The average Bonchev–Trinajstić information content (AvgIpc) is 2.37. The maximum absolute atomic E-state index is 11.8. The van der Waals surface area contributed by atoms with Crippen LogP contribution in [0.4, 0.5) is 5.69 Å². The Morgan fingerprint density at radius 1 is 1.39 bits per heavy atom. The Morgan fingerprint density at radius 3 is 2.61 bits per heavy atom. The van der Waals surface area contributed by atoms with Gasteiger partial charge in [0.2, 0.25) is 0 Å². The minimum Gasteiger partial charge on any atom is -0.461 e. The molecule has 0 aliphatic carbocycles. The number of nitrogens with zero attached hydrogens (tertiary/aromatic N) is 1. The first kappa shape index (κ1) is 15.2. The highest BCUT2D eigenvalue weighted by Gasteiger charge is 2.09. The molecular formula is C13H19IN2O2. The molecule has 0 spiro atoms. The third-order valence-electron chi connectivity index (χ3n) is 2.77. The van der Waals surface area contributed by atoms with E-state index < -0.39 is 0 Å². The van der Waals surface area contributed by atoms with Crippen molar-refractivity contribution < 1.29 is 9.53 Å². The number of carbonyl (C=O) groups excluding carboxylic acids is 1. The van der Waals surface area contributed by atoms with Crippen LogP contribution in [0.25, 0.3) is 0 Å². The van der Waals surface area contributed by atoms with Crippen LogP contribution in [0.2, 0.25) is 0 Å². The summed E-state index contributed by atoms with van der Waals surface area (Å²) in [6, 6.07) is 5.16. The summed E-state index contributed by atoms with van der Waals surface area (Å²) in [5.41, 5.74) is 6.92. The predicted molar refractivity (Wildman–Crippen MR) is 81.6 cm³/mol. The Labute approximate surface area is 122 Å². The summed E-state index contributed by atoms with van der Waals surface area (Å²) in [5, 5.41) is 0. The van der Waals surface area contributed by atoms with E-state index in [1.807, 2.05) is 0 Å². The molecule has 100 valence electrons. The smallest absolute Gasteiger partial charge is 0.338 e. The molecule has 0 saturated heterocycles. The summed E-state index contributed by atoms with van der Waals surface area (Å²) >= 11 is 2.10. The van der Waals surface area contributed by atoms with E-state index in [-0.39, 0.29) is 5.97 Å². The Balaban J connectivity index is 2.48. The number of esters is 1. The number of rotatable bonds is 6. The van der Waals surface area contributed by atoms with Crippen LogP contribution >= 0.6 is 22.6 Å². The second kappa shape index (κ2) is 7.58. The van der Waals surface area contributed by atoms with Crippen molar-refractivity contribution in [2.45, 2.75) is 13.8 Å². The topological polar surface area (TPSA) is 55.6 Å². The Bertz CT molecular complexity index is 406. The third-order valence-corrected chi connectivity index (χ3v) is 3.71. The van der Waals surface area contributed by atoms with E-state index in [1.165, 1.54) is 0 Å². The molecule has 0 aromatic heterocycles. The van der Waals surface area contributed by atoms with E-state index in [0.717, 1.165) is 23.2 Å². The fraction of sp³-hybridized carbons (Fsp3) is 0.462. The Kier molecular flexibility index (Phi) is 6.42. The lowest BCUT2D eigenvalue weighted by atomic mass is 10.2. The number of benzene rings is 1. The van der Waals surface area contributed by atoms with Gasteiger partial charge >= 0.3 is 5.97 Å². The van der Waals surface area contributed by atoms with Gasteiger partial charge in [-0.15, -0.1) is 0 Å². The SMILES string of the molecule is CCN(CC)CCOC(=O)c1ccc(N)c(I)c1. The van der Waals surface area contributed by atoms with E-state index in [9.17, 15) is 4.79 Å². The highest BCUT2D eigenvalue weighted by Crippen LogP contribution is 2.16. The molecule has 0 amide bonds. The van der Waals surface area contributed by atoms with Crippen LogP contribution in [0.5, 0.6) is 0 Å². The lowest BCUT2D eigenvalue weighted by molar-refractivity contribution is 0.0466. The second-order valence-electron chi connectivity index (χ2n) is 3.90. The summed E-state index contributed by atoms with van der Waals surface area (Å²) in [5.74, 6) is -0.292. The molecule has 5 heteroatoms. The van der Waals surface area contributed by atoms with Gasteiger partial charge in [0.05, 0.1) is 5.56 Å². The fourth-order valence-corrected chi connectivity index (χ4v) is 2.06. The zero-order chi connectivity index (χ0) is 13.5. The number of anilines is 1. The number of nitrogen functional groups attached to an aromatic ring is 1. The highest BCUT2D eigenvalue weighted by atomic mass is 127. The minimum atomic E-state index is -0.292. The maximum Gasteiger partial charge on any atom is 0.338 e. The molecule has 0 aliphatic heterocycles. The molecule has 4 nitrogen and oxygen atoms in total. The van der Waals surface area contributed by atoms with Crippen molar-refractivity contribution >= 4 is 34.2 Å². The lowest BCUT2D eigenvalue weighted by Gasteiger charge is -2.17. The van der Waals surface area contributed by atoms with Gasteiger partial charge in [-0.05, 0) is 53.9 Å². The number of halogens is 1. The molecule has 0 atom stereocenters. The third kappa shape index (κ3) is 4.45. The number of hydrogen-bond acceptors (Lipinski definition) is 4. The van der Waals surface area contributed by atoms with Crippen LogP contribution < -0.4 is 5.73 Å². The molecule has 0 saturated carbocycles. The monoisotopic (exact) mass is 362 g/mol. The van der Waals surface area contributed by atoms with E-state index in [0.29, 0.717) is 17.9 Å². The molecule has 1 aromatic carbocycles. The molecular weight excluding hydrogens is 343 g/mol. The van der Waals surface area contributed by atoms with E-state index in [1.54, 1.807) is 18.2 Å². The van der Waals surface area contributed by atoms with Gasteiger partial charge in [-0.3, -0.25) is 0 Å². The molecule has 1 aromatic rings. The summed E-state index contributed by atoms with van der Waals surface area (Å²) < 4.78 is 6.10. The van der Waals surface area contributed by atoms with Crippen LogP contribution in [0.3, 0.4) is 0 Å². The van der Waals surface area contributed by atoms with Gasteiger partial charge in [0, 0.05) is 15.8 Å². The van der Waals surface area contributed by atoms with Crippen molar-refractivity contribution in [3.8, 4) is 0 Å². The van der Waals surface area contributed by atoms with Crippen molar-refractivity contribution in [1.29, 1.82) is 0 Å². The standard InChI is InChI=1S/C13H19IN2O2/c1-3-16(4-2)7-8-18-13(17)10-5-6-12(15)11(14)9-10/h5-6,9H,3-4,7-8,15H2,1-2H3. The molecule has 2 N–H and O–H groups in total. The van der Waals surface area contributed by atoms with E-state index in [4.69, 9.17) is 10.5 Å². The Morgan fingerprint density at radius 2 is 2.06 bits per heavy atom. The second-order valence-corrected chi connectivity index (χ2v) is 5.06. The first-order chi connectivity index (χ1) is 8.58. The van der Waals surface area contributed by atoms with Gasteiger partial charge < -0.3 is 15.4 Å². The zero-order valence-corrected chi connectivity index (χ0v) is 12.9. The fourth-order valence-electron chi connectivity index (χ4n) is 1.54. The average molecular weight is 362 g/mol. The lowest BCUT2D eigenvalue weighted by Crippen LogP contribution is -2.27. The summed E-state index contributed by atoms with van der Waals surface area (Å²) in [6.45, 7) is 7.30. The van der Waals surface area contributed by atoms with Crippen LogP contribution in [-0.4, -0.2) is 37.1 Å². The van der Waals surface area contributed by atoms with E-state index >= 15 is 0 Å². The molecule has 0 aliphatic rings. The van der Waals surface area contributed by atoms with E-state index in [2.05, 4.69) is 41.3 Å². The largest absolute Gasteiger partial charge is 0.461 e. The Hall–Kier alpha value is -0.820. The van der Waals surface area contributed by atoms with Gasteiger partial charge in [0.25, 0.3) is 0 Å². The number of carbonyl (C=O) groups is 1. The predicted octanol–water partition coefficient (Wildman–Crippen LogP) is 2.37. The normalized spacial score (nSPS) is 10.7. The van der Waals surface area contributed by atoms with Crippen LogP contribution in [0.1, 0.15) is 24.2 Å². The van der Waals surface area contributed by atoms with Crippen LogP contribution in [-0.2, 0) is 4.74 Å². The van der Waals surface area contributed by atoms with Crippen molar-refractivity contribution in [2.24, 2.45) is 0 Å². The molecule has 0 fully saturated rings. The van der Waals surface area contributed by atoms with Gasteiger partial charge in [-0.25, -0.2) is 4.79 Å². The van der Waals surface area contributed by atoms with Gasteiger partial charge in [0.1, 0.15) is 6.61 Å². The van der Waals surface area contributed by atoms with Gasteiger partial charge in [-0.2, -0.15) is 0 Å². The van der Waals surface area contributed by atoms with Crippen molar-refractivity contribution in [2.75, 3.05) is 32.0 Å². The molecule has 0 radical (unpaired) electrons. The van der Waals surface area contributed by atoms with Crippen LogP contribution in [0.15, 0.2) is 18.2 Å². The van der Waals surface area contributed by atoms with Gasteiger partial charge in [0.15, 0.2) is 0 Å². The molecule has 18 heavy (non-hydrogen) atoms. The minimum absolute atomic E-state index is 0.292. The summed E-state index contributed by atoms with van der Waals surface area (Å²) in [6.07, 6.45) is 0. The maximum atomic E-state index is 11.8. The van der Waals surface area contributed by atoms with Crippen molar-refractivity contribution in [1.82, 2.24) is 4.90 Å². The first-order valence-corrected chi connectivity index (χ1v) is 7.10. The summed E-state index contributed by atoms with van der Waals surface area (Å²) in [7, 11) is 0. The number of ether oxygens (including phenoxy) is 1. The highest BCUT2D eigenvalue weighted by molar-refractivity contribution is 14.1. The first-order valence-electron chi connectivity index (χ1n) is 6.03. The zero-order valence-electron chi connectivity index (χ0n) is 10.8. The van der Waals surface area contributed by atoms with Crippen molar-refractivity contribution in [3.05, 3.63) is 27.3 Å². The molecule has 0 unspecified atom stereocenters. The molecule has 0 bridgehead atoms. The molecule has 1 rings (SSSR count). The van der Waals surface area contributed by atoms with Crippen molar-refractivity contribution in [3.63, 3.8) is 0 Å². The van der Waals surface area contributed by atoms with Crippen LogP contribution in [0, 0.1) is 3.57 Å². The van der Waals surface area contributed by atoms with Gasteiger partial charge in [-0.1, -0.05) is 13.8 Å².